The van der Waals surface area contributed by atoms with Gasteiger partial charge in [0.25, 0.3) is 0 Å². The summed E-state index contributed by atoms with van der Waals surface area (Å²) in [6, 6.07) is 9.44. The van der Waals surface area contributed by atoms with Crippen molar-refractivity contribution in [3.8, 4) is 6.07 Å². The molecule has 0 fully saturated rings. The molecule has 0 saturated carbocycles. The Morgan fingerprint density at radius 3 is 2.50 bits per heavy atom. The van der Waals surface area contributed by atoms with Crippen molar-refractivity contribution in [2.24, 2.45) is 5.92 Å². The number of nitrogens with zero attached hydrogens (tertiary/aromatic N) is 1. The standard InChI is InChI=1S/C11H13ClN2/c1-8(2)11(7-13)14-10-6-4-3-5-9(10)12/h3-6,8,11,14H,1-2H3. The van der Waals surface area contributed by atoms with Crippen LogP contribution in [0.15, 0.2) is 24.3 Å². The van der Waals surface area contributed by atoms with Gasteiger partial charge in [-0.25, -0.2) is 0 Å². The van der Waals surface area contributed by atoms with Crippen LogP contribution in [0.25, 0.3) is 0 Å². The second kappa shape index (κ2) is 4.88. The largest absolute Gasteiger partial charge is 0.368 e. The lowest BCUT2D eigenvalue weighted by atomic mass is 10.1. The predicted molar refractivity (Wildman–Crippen MR) is 59.3 cm³/mol. The van der Waals surface area contributed by atoms with Crippen molar-refractivity contribution < 1.29 is 0 Å². The van der Waals surface area contributed by atoms with Gasteiger partial charge in [-0.2, -0.15) is 5.26 Å². The Kier molecular flexibility index (Phi) is 3.79. The monoisotopic (exact) mass is 208 g/mol. The van der Waals surface area contributed by atoms with Crippen molar-refractivity contribution in [1.82, 2.24) is 0 Å². The molecule has 1 aromatic rings. The van der Waals surface area contributed by atoms with Gasteiger partial charge < -0.3 is 5.32 Å². The van der Waals surface area contributed by atoms with E-state index in [0.29, 0.717) is 5.02 Å². The molecule has 1 atom stereocenters. The summed E-state index contributed by atoms with van der Waals surface area (Å²) in [5, 5.41) is 12.6. The van der Waals surface area contributed by atoms with Gasteiger partial charge >= 0.3 is 0 Å². The summed E-state index contributed by atoms with van der Waals surface area (Å²) in [6.45, 7) is 4.00. The number of para-hydroxylation sites is 1. The van der Waals surface area contributed by atoms with Crippen LogP contribution in [0, 0.1) is 17.2 Å². The minimum atomic E-state index is -0.199. The third-order valence-corrected chi connectivity index (χ3v) is 2.32. The van der Waals surface area contributed by atoms with Gasteiger partial charge in [0.2, 0.25) is 0 Å². The second-order valence-corrected chi connectivity index (χ2v) is 3.88. The molecule has 1 unspecified atom stereocenters. The zero-order valence-corrected chi connectivity index (χ0v) is 9.05. The topological polar surface area (TPSA) is 35.8 Å². The summed E-state index contributed by atoms with van der Waals surface area (Å²) in [4.78, 5) is 0. The van der Waals surface area contributed by atoms with Crippen molar-refractivity contribution >= 4 is 17.3 Å². The summed E-state index contributed by atoms with van der Waals surface area (Å²) >= 11 is 5.96. The van der Waals surface area contributed by atoms with Gasteiger partial charge in [0.15, 0.2) is 0 Å². The molecule has 1 N–H and O–H groups in total. The molecule has 0 saturated heterocycles. The number of benzene rings is 1. The zero-order valence-electron chi connectivity index (χ0n) is 8.29. The maximum absolute atomic E-state index is 8.89. The second-order valence-electron chi connectivity index (χ2n) is 3.47. The van der Waals surface area contributed by atoms with Crippen LogP contribution in [0.4, 0.5) is 5.69 Å². The van der Waals surface area contributed by atoms with Crippen molar-refractivity contribution in [3.63, 3.8) is 0 Å². The van der Waals surface area contributed by atoms with Gasteiger partial charge in [0.05, 0.1) is 16.8 Å². The van der Waals surface area contributed by atoms with Crippen molar-refractivity contribution in [3.05, 3.63) is 29.3 Å². The average molecular weight is 209 g/mol. The molecule has 0 aromatic heterocycles. The first-order valence-corrected chi connectivity index (χ1v) is 4.93. The van der Waals surface area contributed by atoms with E-state index in [9.17, 15) is 0 Å². The van der Waals surface area contributed by atoms with Crippen LogP contribution >= 0.6 is 11.6 Å². The molecule has 1 aromatic carbocycles. The number of nitriles is 1. The Hall–Kier alpha value is -1.20. The van der Waals surface area contributed by atoms with E-state index in [-0.39, 0.29) is 12.0 Å². The molecule has 2 nitrogen and oxygen atoms in total. The Morgan fingerprint density at radius 1 is 1.36 bits per heavy atom. The fourth-order valence-corrected chi connectivity index (χ4v) is 1.28. The molecule has 0 heterocycles. The quantitative estimate of drug-likeness (QED) is 0.828. The van der Waals surface area contributed by atoms with Gasteiger partial charge in [0, 0.05) is 0 Å². The average Bonchev–Trinajstić information content (AvgIpc) is 2.16. The van der Waals surface area contributed by atoms with Crippen LogP contribution in [0.1, 0.15) is 13.8 Å². The predicted octanol–water partition coefficient (Wildman–Crippen LogP) is 3.30. The van der Waals surface area contributed by atoms with Crippen LogP contribution in [0.3, 0.4) is 0 Å². The van der Waals surface area contributed by atoms with Gasteiger partial charge in [-0.1, -0.05) is 37.6 Å². The molecule has 0 aliphatic carbocycles. The lowest BCUT2D eigenvalue weighted by molar-refractivity contribution is 0.609. The number of nitrogens with one attached hydrogen (secondary N) is 1. The molecule has 0 aliphatic rings. The zero-order chi connectivity index (χ0) is 10.6. The van der Waals surface area contributed by atoms with Crippen LogP contribution in [-0.4, -0.2) is 6.04 Å². The summed E-state index contributed by atoms with van der Waals surface area (Å²) in [5.41, 5.74) is 0.814. The molecule has 0 aliphatic heterocycles. The highest BCUT2D eigenvalue weighted by molar-refractivity contribution is 6.33. The highest BCUT2D eigenvalue weighted by Gasteiger charge is 2.12. The van der Waals surface area contributed by atoms with Crippen molar-refractivity contribution in [2.75, 3.05) is 5.32 Å². The lowest BCUT2D eigenvalue weighted by Gasteiger charge is -2.16. The maximum Gasteiger partial charge on any atom is 0.116 e. The minimum Gasteiger partial charge on any atom is -0.368 e. The van der Waals surface area contributed by atoms with E-state index in [4.69, 9.17) is 16.9 Å². The van der Waals surface area contributed by atoms with Gasteiger partial charge in [-0.05, 0) is 18.1 Å². The number of hydrogen-bond donors (Lipinski definition) is 1. The van der Waals surface area contributed by atoms with E-state index < -0.39 is 0 Å². The Balaban J connectivity index is 2.78. The lowest BCUT2D eigenvalue weighted by Crippen LogP contribution is -2.23. The molecule has 0 bridgehead atoms. The summed E-state index contributed by atoms with van der Waals surface area (Å²) in [6.07, 6.45) is 0. The van der Waals surface area contributed by atoms with Crippen molar-refractivity contribution in [2.45, 2.75) is 19.9 Å². The molecule has 14 heavy (non-hydrogen) atoms. The Labute approximate surface area is 89.5 Å². The maximum atomic E-state index is 8.89. The molecule has 3 heteroatoms. The van der Waals surface area contributed by atoms with Crippen LogP contribution < -0.4 is 5.32 Å². The molecule has 74 valence electrons. The third kappa shape index (κ3) is 2.65. The van der Waals surface area contributed by atoms with E-state index in [1.165, 1.54) is 0 Å². The van der Waals surface area contributed by atoms with E-state index in [2.05, 4.69) is 11.4 Å². The Bertz CT molecular complexity index is 341. The third-order valence-electron chi connectivity index (χ3n) is 1.99. The normalized spacial score (nSPS) is 12.2. The van der Waals surface area contributed by atoms with E-state index in [1.54, 1.807) is 6.07 Å². The summed E-state index contributed by atoms with van der Waals surface area (Å²) in [5.74, 6) is 0.260. The van der Waals surface area contributed by atoms with Gasteiger partial charge in [0.1, 0.15) is 6.04 Å². The van der Waals surface area contributed by atoms with E-state index >= 15 is 0 Å². The molecule has 0 radical (unpaired) electrons. The molecule has 0 amide bonds. The molecular weight excluding hydrogens is 196 g/mol. The number of hydrogen-bond acceptors (Lipinski definition) is 2. The van der Waals surface area contributed by atoms with E-state index in [0.717, 1.165) is 5.69 Å². The van der Waals surface area contributed by atoms with Gasteiger partial charge in [-0.15, -0.1) is 0 Å². The highest BCUT2D eigenvalue weighted by atomic mass is 35.5. The fourth-order valence-electron chi connectivity index (χ4n) is 1.09. The minimum absolute atomic E-state index is 0.199. The first-order valence-electron chi connectivity index (χ1n) is 4.56. The number of rotatable bonds is 3. The Morgan fingerprint density at radius 2 is 2.00 bits per heavy atom. The molecule has 1 rings (SSSR count). The SMILES string of the molecule is CC(C)C(C#N)Nc1ccccc1Cl. The van der Waals surface area contributed by atoms with Gasteiger partial charge in [-0.3, -0.25) is 0 Å². The summed E-state index contributed by atoms with van der Waals surface area (Å²) in [7, 11) is 0. The number of halogens is 1. The first kappa shape index (κ1) is 10.9. The van der Waals surface area contributed by atoms with E-state index in [1.807, 2.05) is 32.0 Å². The van der Waals surface area contributed by atoms with Crippen LogP contribution in [0.5, 0.6) is 0 Å². The van der Waals surface area contributed by atoms with Crippen molar-refractivity contribution in [1.29, 1.82) is 5.26 Å². The first-order chi connectivity index (χ1) is 6.65. The fraction of sp³-hybridized carbons (Fsp3) is 0.364. The summed E-state index contributed by atoms with van der Waals surface area (Å²) < 4.78 is 0. The number of anilines is 1. The van der Waals surface area contributed by atoms with Crippen LogP contribution in [-0.2, 0) is 0 Å². The highest BCUT2D eigenvalue weighted by Crippen LogP contribution is 2.22. The van der Waals surface area contributed by atoms with Crippen LogP contribution in [0.2, 0.25) is 5.02 Å². The smallest absolute Gasteiger partial charge is 0.116 e. The molecule has 0 spiro atoms. The molecular formula is C11H13ClN2.